The number of carboxylic acid groups (broad SMARTS) is 1. The topological polar surface area (TPSA) is 82.2 Å². The molecular weight excluding hydrogens is 371 g/mol. The summed E-state index contributed by atoms with van der Waals surface area (Å²) in [5, 5.41) is 11.9. The number of rotatable bonds is 3. The van der Waals surface area contributed by atoms with Crippen LogP contribution in [0, 0.1) is 0 Å². The monoisotopic (exact) mass is 376 g/mol. The summed E-state index contributed by atoms with van der Waals surface area (Å²) in [6.07, 6.45) is 0. The zero-order valence-corrected chi connectivity index (χ0v) is 12.8. The maximum absolute atomic E-state index is 11.9. The van der Waals surface area contributed by atoms with Gasteiger partial charge in [0, 0.05) is 10.2 Å². The molecule has 0 aliphatic heterocycles. The highest BCUT2D eigenvalue weighted by atomic mass is 79.9. The molecule has 1 amide bonds. The summed E-state index contributed by atoms with van der Waals surface area (Å²) < 4.78 is 0.537. The van der Waals surface area contributed by atoms with Crippen molar-refractivity contribution in [2.75, 3.05) is 5.32 Å². The Bertz CT molecular complexity index is 681. The van der Waals surface area contributed by atoms with Gasteiger partial charge in [-0.05, 0) is 24.3 Å². The van der Waals surface area contributed by atoms with Crippen molar-refractivity contribution in [2.24, 2.45) is 0 Å². The average Bonchev–Trinajstić information content (AvgIpc) is 2.69. The third kappa shape index (κ3) is 3.33. The van der Waals surface area contributed by atoms with Crippen molar-refractivity contribution in [3.05, 3.63) is 50.2 Å². The van der Waals surface area contributed by atoms with Crippen LogP contribution in [-0.4, -0.2) is 22.0 Å². The number of halogens is 3. The van der Waals surface area contributed by atoms with E-state index in [1.54, 1.807) is 6.07 Å². The molecule has 2 aromatic rings. The van der Waals surface area contributed by atoms with Crippen LogP contribution < -0.4 is 5.32 Å². The summed E-state index contributed by atoms with van der Waals surface area (Å²) in [4.78, 5) is 25.5. The Balaban J connectivity index is 2.25. The van der Waals surface area contributed by atoms with Gasteiger partial charge in [-0.1, -0.05) is 39.1 Å². The number of aromatic amines is 1. The molecule has 2 rings (SSSR count). The minimum absolute atomic E-state index is 0.0530. The molecule has 0 fully saturated rings. The van der Waals surface area contributed by atoms with Crippen molar-refractivity contribution in [1.29, 1.82) is 0 Å². The van der Waals surface area contributed by atoms with Crippen LogP contribution in [0.4, 0.5) is 5.69 Å². The number of nitrogens with one attached hydrogen (secondary N) is 2. The van der Waals surface area contributed by atoms with Crippen LogP contribution in [0.25, 0.3) is 0 Å². The smallest absolute Gasteiger partial charge is 0.335 e. The van der Waals surface area contributed by atoms with Gasteiger partial charge in [0.05, 0.1) is 10.6 Å². The first-order valence-electron chi connectivity index (χ1n) is 5.26. The molecule has 0 aliphatic rings. The highest BCUT2D eigenvalue weighted by Gasteiger charge is 2.13. The van der Waals surface area contributed by atoms with Crippen LogP contribution in [0.15, 0.2) is 28.7 Å². The highest BCUT2D eigenvalue weighted by molar-refractivity contribution is 9.10. The molecule has 0 radical (unpaired) electrons. The number of carboxylic acids is 1. The van der Waals surface area contributed by atoms with Crippen molar-refractivity contribution in [3.8, 4) is 0 Å². The number of amides is 1. The van der Waals surface area contributed by atoms with Crippen molar-refractivity contribution < 1.29 is 14.7 Å². The number of aromatic carboxylic acids is 1. The van der Waals surface area contributed by atoms with E-state index in [4.69, 9.17) is 28.3 Å². The zero-order valence-electron chi connectivity index (χ0n) is 9.71. The van der Waals surface area contributed by atoms with E-state index in [2.05, 4.69) is 26.2 Å². The van der Waals surface area contributed by atoms with Crippen LogP contribution in [0.5, 0.6) is 0 Å². The van der Waals surface area contributed by atoms with E-state index >= 15 is 0 Å². The molecule has 0 atom stereocenters. The Morgan fingerprint density at radius 3 is 2.45 bits per heavy atom. The van der Waals surface area contributed by atoms with Crippen LogP contribution in [0.2, 0.25) is 10.2 Å². The van der Waals surface area contributed by atoms with Gasteiger partial charge in [0.25, 0.3) is 5.91 Å². The molecule has 0 unspecified atom stereocenters. The molecule has 3 N–H and O–H groups in total. The molecule has 0 aliphatic carbocycles. The molecule has 5 nitrogen and oxygen atoms in total. The maximum atomic E-state index is 11.9. The second-order valence-electron chi connectivity index (χ2n) is 3.83. The number of carbonyl (C=O) groups is 2. The Hall–Kier alpha value is -1.50. The summed E-state index contributed by atoms with van der Waals surface area (Å²) in [5.74, 6) is -1.57. The zero-order chi connectivity index (χ0) is 14.9. The van der Waals surface area contributed by atoms with Crippen molar-refractivity contribution >= 4 is 56.7 Å². The normalized spacial score (nSPS) is 10.3. The molecule has 0 bridgehead atoms. The van der Waals surface area contributed by atoms with Gasteiger partial charge in [0.15, 0.2) is 0 Å². The summed E-state index contributed by atoms with van der Waals surface area (Å²) >= 11 is 14.6. The van der Waals surface area contributed by atoms with E-state index < -0.39 is 11.9 Å². The van der Waals surface area contributed by atoms with Gasteiger partial charge in [-0.2, -0.15) is 0 Å². The van der Waals surface area contributed by atoms with Gasteiger partial charge in [0.2, 0.25) is 0 Å². The van der Waals surface area contributed by atoms with E-state index in [1.807, 2.05) is 0 Å². The van der Waals surface area contributed by atoms with Gasteiger partial charge >= 0.3 is 5.97 Å². The van der Waals surface area contributed by atoms with Crippen LogP contribution in [-0.2, 0) is 0 Å². The van der Waals surface area contributed by atoms with Crippen LogP contribution >= 0.6 is 39.1 Å². The summed E-state index contributed by atoms with van der Waals surface area (Å²) in [6.45, 7) is 0. The van der Waals surface area contributed by atoms with Gasteiger partial charge in [-0.25, -0.2) is 4.79 Å². The molecule has 1 aromatic heterocycles. The Kier molecular flexibility index (Phi) is 4.37. The molecule has 0 spiro atoms. The van der Waals surface area contributed by atoms with Crippen molar-refractivity contribution in [2.45, 2.75) is 0 Å². The quantitative estimate of drug-likeness (QED) is 0.754. The first-order chi connectivity index (χ1) is 9.36. The van der Waals surface area contributed by atoms with E-state index in [0.717, 1.165) is 0 Å². The number of anilines is 1. The van der Waals surface area contributed by atoms with Gasteiger partial charge in [-0.3, -0.25) is 4.79 Å². The standard InChI is InChI=1S/C12H7BrCl2N2O3/c13-6-1-5(12(19)20)2-7(3-6)16-11(18)9-4-8(14)10(15)17-9/h1-4,17H,(H,16,18)(H,19,20). The lowest BCUT2D eigenvalue weighted by molar-refractivity contribution is 0.0696. The number of H-pyrrole nitrogens is 1. The number of aromatic nitrogens is 1. The van der Waals surface area contributed by atoms with E-state index in [9.17, 15) is 9.59 Å². The van der Waals surface area contributed by atoms with Gasteiger partial charge < -0.3 is 15.4 Å². The fourth-order valence-corrected chi connectivity index (χ4v) is 2.32. The Labute approximate surface area is 132 Å². The third-order valence-corrected chi connectivity index (χ3v) is 3.52. The number of carbonyl (C=O) groups excluding carboxylic acids is 1. The fourth-order valence-electron chi connectivity index (χ4n) is 1.51. The lowest BCUT2D eigenvalue weighted by Crippen LogP contribution is -2.12. The molecule has 0 saturated carbocycles. The molecule has 20 heavy (non-hydrogen) atoms. The predicted octanol–water partition coefficient (Wildman–Crippen LogP) is 4.03. The molecule has 104 valence electrons. The van der Waals surface area contributed by atoms with E-state index in [1.165, 1.54) is 18.2 Å². The van der Waals surface area contributed by atoms with Gasteiger partial charge in [0.1, 0.15) is 10.8 Å². The Morgan fingerprint density at radius 2 is 1.90 bits per heavy atom. The predicted molar refractivity (Wildman–Crippen MR) is 79.9 cm³/mol. The first kappa shape index (κ1) is 14.9. The number of hydrogen-bond acceptors (Lipinski definition) is 2. The maximum Gasteiger partial charge on any atom is 0.335 e. The SMILES string of the molecule is O=C(O)c1cc(Br)cc(NC(=O)c2cc(Cl)c(Cl)[nH]2)c1. The minimum atomic E-state index is -1.09. The highest BCUT2D eigenvalue weighted by Crippen LogP contribution is 2.24. The van der Waals surface area contributed by atoms with Crippen molar-refractivity contribution in [3.63, 3.8) is 0 Å². The van der Waals surface area contributed by atoms with E-state index in [0.29, 0.717) is 10.2 Å². The van der Waals surface area contributed by atoms with Gasteiger partial charge in [-0.15, -0.1) is 0 Å². The Morgan fingerprint density at radius 1 is 1.20 bits per heavy atom. The fraction of sp³-hybridized carbons (Fsp3) is 0. The summed E-state index contributed by atoms with van der Waals surface area (Å²) in [6, 6.07) is 5.74. The second-order valence-corrected chi connectivity index (χ2v) is 5.53. The largest absolute Gasteiger partial charge is 0.478 e. The first-order valence-corrected chi connectivity index (χ1v) is 6.81. The average molecular weight is 378 g/mol. The molecule has 0 saturated heterocycles. The third-order valence-electron chi connectivity index (χ3n) is 2.37. The number of hydrogen-bond donors (Lipinski definition) is 3. The summed E-state index contributed by atoms with van der Waals surface area (Å²) in [5.41, 5.74) is 0.567. The lowest BCUT2D eigenvalue weighted by Gasteiger charge is -2.06. The van der Waals surface area contributed by atoms with E-state index in [-0.39, 0.29) is 21.4 Å². The molecule has 1 heterocycles. The minimum Gasteiger partial charge on any atom is -0.478 e. The van der Waals surface area contributed by atoms with Crippen LogP contribution in [0.3, 0.4) is 0 Å². The van der Waals surface area contributed by atoms with Crippen LogP contribution in [0.1, 0.15) is 20.8 Å². The van der Waals surface area contributed by atoms with Crippen molar-refractivity contribution in [1.82, 2.24) is 4.98 Å². The molecule has 1 aromatic carbocycles. The summed E-state index contributed by atoms with van der Waals surface area (Å²) in [7, 11) is 0. The molecular formula is C12H7BrCl2N2O3. The second kappa shape index (κ2) is 5.87. The lowest BCUT2D eigenvalue weighted by atomic mass is 10.2. The molecule has 8 heteroatoms. The number of benzene rings is 1.